The first kappa shape index (κ1) is 19.0. The van der Waals surface area contributed by atoms with Crippen LogP contribution in [0.5, 0.6) is 0 Å². The van der Waals surface area contributed by atoms with Crippen LogP contribution in [0, 0.1) is 13.8 Å². The van der Waals surface area contributed by atoms with Crippen molar-refractivity contribution in [3.05, 3.63) is 29.3 Å². The summed E-state index contributed by atoms with van der Waals surface area (Å²) >= 11 is 1.69. The molecule has 22 heavy (non-hydrogen) atoms. The van der Waals surface area contributed by atoms with Gasteiger partial charge in [0.05, 0.1) is 11.3 Å². The van der Waals surface area contributed by atoms with Gasteiger partial charge in [-0.25, -0.2) is 13.1 Å². The molecule has 1 aromatic carbocycles. The minimum absolute atomic E-state index is 0.0286. The molecule has 1 aromatic rings. The van der Waals surface area contributed by atoms with E-state index in [-0.39, 0.29) is 23.8 Å². The van der Waals surface area contributed by atoms with Crippen LogP contribution < -0.4 is 4.72 Å². The van der Waals surface area contributed by atoms with Gasteiger partial charge in [-0.3, -0.25) is 4.79 Å². The highest BCUT2D eigenvalue weighted by molar-refractivity contribution is 7.99. The number of nitrogens with one attached hydrogen (secondary N) is 1. The topological polar surface area (TPSA) is 72.5 Å². The Kier molecular flexibility index (Phi) is 7.92. The first-order chi connectivity index (χ1) is 10.4. The fourth-order valence-corrected chi connectivity index (χ4v) is 3.29. The first-order valence-electron chi connectivity index (χ1n) is 7.17. The van der Waals surface area contributed by atoms with Crippen molar-refractivity contribution in [2.75, 3.05) is 24.7 Å². The largest absolute Gasteiger partial charge is 0.465 e. The summed E-state index contributed by atoms with van der Waals surface area (Å²) in [5.74, 6) is 1.35. The molecule has 0 fully saturated rings. The van der Waals surface area contributed by atoms with Crippen molar-refractivity contribution in [2.24, 2.45) is 0 Å². The molecular weight excluding hydrogens is 322 g/mol. The zero-order chi connectivity index (χ0) is 16.6. The van der Waals surface area contributed by atoms with Gasteiger partial charge in [0.25, 0.3) is 0 Å². The molecule has 7 heteroatoms. The number of carbonyl (C=O) groups excluding carboxylic acids is 1. The number of carbonyl (C=O) groups is 1. The molecule has 5 nitrogen and oxygen atoms in total. The number of thioether (sulfide) groups is 1. The Hall–Kier alpha value is -1.05. The monoisotopic (exact) mass is 345 g/mol. The van der Waals surface area contributed by atoms with E-state index in [2.05, 4.69) is 4.72 Å². The van der Waals surface area contributed by atoms with Crippen LogP contribution in [0.4, 0.5) is 0 Å². The molecule has 0 spiro atoms. The molecule has 0 atom stereocenters. The van der Waals surface area contributed by atoms with Crippen molar-refractivity contribution in [1.82, 2.24) is 4.72 Å². The Morgan fingerprint density at radius 3 is 2.64 bits per heavy atom. The summed E-state index contributed by atoms with van der Waals surface area (Å²) in [5.41, 5.74) is 1.95. The lowest BCUT2D eigenvalue weighted by atomic mass is 10.1. The van der Waals surface area contributed by atoms with E-state index in [1.807, 2.05) is 20.8 Å². The van der Waals surface area contributed by atoms with Crippen molar-refractivity contribution in [3.63, 3.8) is 0 Å². The fourth-order valence-electron chi connectivity index (χ4n) is 1.68. The molecule has 0 radical (unpaired) electrons. The first-order valence-corrected chi connectivity index (χ1v) is 9.81. The molecule has 0 bridgehead atoms. The van der Waals surface area contributed by atoms with Gasteiger partial charge in [-0.05, 0) is 42.9 Å². The Labute approximate surface area is 136 Å². The molecule has 0 saturated carbocycles. The predicted molar refractivity (Wildman–Crippen MR) is 89.7 cm³/mol. The van der Waals surface area contributed by atoms with E-state index < -0.39 is 10.0 Å². The highest BCUT2D eigenvalue weighted by Crippen LogP contribution is 2.14. The Bertz CT molecular complexity index is 600. The quantitative estimate of drug-likeness (QED) is 0.549. The average molecular weight is 345 g/mol. The summed E-state index contributed by atoms with van der Waals surface area (Å²) in [5, 5.41) is 0. The third kappa shape index (κ3) is 6.37. The van der Waals surface area contributed by atoms with Gasteiger partial charge in [-0.1, -0.05) is 13.0 Å². The van der Waals surface area contributed by atoms with E-state index in [0.717, 1.165) is 22.6 Å². The number of aryl methyl sites for hydroxylation is 2. The smallest absolute Gasteiger partial charge is 0.307 e. The summed E-state index contributed by atoms with van der Waals surface area (Å²) in [6, 6.07) is 4.95. The lowest BCUT2D eigenvalue weighted by molar-refractivity contribution is -0.142. The second-order valence-electron chi connectivity index (χ2n) is 4.81. The van der Waals surface area contributed by atoms with Gasteiger partial charge >= 0.3 is 5.97 Å². The molecule has 0 saturated heterocycles. The molecule has 0 aromatic heterocycles. The maximum absolute atomic E-state index is 12.1. The molecule has 1 rings (SSSR count). The van der Waals surface area contributed by atoms with Crippen LogP contribution in [0.3, 0.4) is 0 Å². The van der Waals surface area contributed by atoms with Gasteiger partial charge in [-0.15, -0.1) is 0 Å². The summed E-state index contributed by atoms with van der Waals surface area (Å²) < 4.78 is 31.6. The molecular formula is C15H23NO4S2. The lowest BCUT2D eigenvalue weighted by Gasteiger charge is -2.09. The summed E-state index contributed by atoms with van der Waals surface area (Å²) in [6.07, 6.45) is 0.0286. The van der Waals surface area contributed by atoms with Gasteiger partial charge < -0.3 is 4.74 Å². The molecule has 0 aliphatic rings. The summed E-state index contributed by atoms with van der Waals surface area (Å²) in [6.45, 7) is 6.22. The third-order valence-corrected chi connectivity index (χ3v) is 5.43. The summed E-state index contributed by atoms with van der Waals surface area (Å²) in [7, 11) is -3.59. The highest BCUT2D eigenvalue weighted by Gasteiger charge is 2.15. The van der Waals surface area contributed by atoms with Crippen molar-refractivity contribution < 1.29 is 17.9 Å². The maximum Gasteiger partial charge on any atom is 0.307 e. The van der Waals surface area contributed by atoms with Gasteiger partial charge in [-0.2, -0.15) is 11.8 Å². The standard InChI is InChI=1S/C15H23NO4S2/c1-4-21-10-9-20-15(17)7-8-16-22(18,19)14-6-5-12(2)13(3)11-14/h5-6,11,16H,4,7-10H2,1-3H3. The van der Waals surface area contributed by atoms with E-state index in [0.29, 0.717) is 6.61 Å². The fraction of sp³-hybridized carbons (Fsp3) is 0.533. The second-order valence-corrected chi connectivity index (χ2v) is 7.97. The number of ether oxygens (including phenoxy) is 1. The van der Waals surface area contributed by atoms with Crippen LogP contribution in [-0.2, 0) is 19.6 Å². The van der Waals surface area contributed by atoms with Crippen molar-refractivity contribution in [1.29, 1.82) is 0 Å². The van der Waals surface area contributed by atoms with Crippen LogP contribution in [0.2, 0.25) is 0 Å². The van der Waals surface area contributed by atoms with Crippen LogP contribution in [0.25, 0.3) is 0 Å². The minimum Gasteiger partial charge on any atom is -0.465 e. The Balaban J connectivity index is 2.42. The van der Waals surface area contributed by atoms with Crippen LogP contribution in [0.15, 0.2) is 23.1 Å². The SMILES string of the molecule is CCSCCOC(=O)CCNS(=O)(=O)c1ccc(C)c(C)c1. The second kappa shape index (κ2) is 9.17. The molecule has 0 heterocycles. The summed E-state index contributed by atoms with van der Waals surface area (Å²) in [4.78, 5) is 11.7. The predicted octanol–water partition coefficient (Wildman–Crippen LogP) is 2.27. The van der Waals surface area contributed by atoms with Gasteiger partial charge in [0, 0.05) is 12.3 Å². The molecule has 1 N–H and O–H groups in total. The minimum atomic E-state index is -3.59. The lowest BCUT2D eigenvalue weighted by Crippen LogP contribution is -2.27. The van der Waals surface area contributed by atoms with Crippen LogP contribution in [-0.4, -0.2) is 39.0 Å². The molecule has 0 unspecified atom stereocenters. The van der Waals surface area contributed by atoms with Crippen molar-refractivity contribution >= 4 is 27.8 Å². The molecule has 0 aliphatic heterocycles. The molecule has 124 valence electrons. The van der Waals surface area contributed by atoms with Crippen LogP contribution >= 0.6 is 11.8 Å². The van der Waals surface area contributed by atoms with E-state index in [4.69, 9.17) is 4.74 Å². The number of esters is 1. The number of hydrogen-bond acceptors (Lipinski definition) is 5. The Morgan fingerprint density at radius 2 is 2.00 bits per heavy atom. The normalized spacial score (nSPS) is 11.4. The molecule has 0 amide bonds. The van der Waals surface area contributed by atoms with Crippen LogP contribution in [0.1, 0.15) is 24.5 Å². The zero-order valence-electron chi connectivity index (χ0n) is 13.2. The van der Waals surface area contributed by atoms with Crippen molar-refractivity contribution in [2.45, 2.75) is 32.1 Å². The van der Waals surface area contributed by atoms with Gasteiger partial charge in [0.15, 0.2) is 0 Å². The van der Waals surface area contributed by atoms with E-state index in [9.17, 15) is 13.2 Å². The zero-order valence-corrected chi connectivity index (χ0v) is 14.9. The van der Waals surface area contributed by atoms with E-state index in [1.54, 1.807) is 30.0 Å². The number of benzene rings is 1. The van der Waals surface area contributed by atoms with E-state index in [1.165, 1.54) is 0 Å². The van der Waals surface area contributed by atoms with Gasteiger partial charge in [0.2, 0.25) is 10.0 Å². The van der Waals surface area contributed by atoms with Crippen molar-refractivity contribution in [3.8, 4) is 0 Å². The maximum atomic E-state index is 12.1. The highest BCUT2D eigenvalue weighted by atomic mass is 32.2. The van der Waals surface area contributed by atoms with Gasteiger partial charge in [0.1, 0.15) is 6.61 Å². The third-order valence-electron chi connectivity index (χ3n) is 3.10. The number of rotatable bonds is 9. The number of sulfonamides is 1. The molecule has 0 aliphatic carbocycles. The number of hydrogen-bond donors (Lipinski definition) is 1. The average Bonchev–Trinajstić information content (AvgIpc) is 2.46. The van der Waals surface area contributed by atoms with E-state index >= 15 is 0 Å². The Morgan fingerprint density at radius 1 is 1.27 bits per heavy atom.